The summed E-state index contributed by atoms with van der Waals surface area (Å²) in [6.45, 7) is 1.67. The summed E-state index contributed by atoms with van der Waals surface area (Å²) in [6, 6.07) is 6.02. The minimum absolute atomic E-state index is 0.0803. The van der Waals surface area contributed by atoms with E-state index in [1.807, 2.05) is 0 Å². The molecule has 1 aliphatic heterocycles. The van der Waals surface area contributed by atoms with Crippen molar-refractivity contribution in [3.8, 4) is 0 Å². The van der Waals surface area contributed by atoms with Crippen molar-refractivity contribution in [2.45, 2.75) is 6.92 Å². The lowest BCUT2D eigenvalue weighted by molar-refractivity contribution is -0.0591. The number of nitrogens with zero attached hydrogens (tertiary/aromatic N) is 2. The molecule has 0 atom stereocenters. The number of carbonyl (C=O) groups excluding carboxylic acids is 4. The standard InChI is InChI=1S/C15H10N2O7/c1-2-22-14(20)10-7-23-16-11(10)15(21)24-17-12(18)8-5-3-4-6-9(8)13(17)19/h3-7H,2H2,1H3. The Bertz CT molecular complexity index is 820. The van der Waals surface area contributed by atoms with E-state index in [1.54, 1.807) is 19.1 Å². The maximum Gasteiger partial charge on any atom is 0.386 e. The van der Waals surface area contributed by atoms with Gasteiger partial charge in [0.15, 0.2) is 0 Å². The van der Waals surface area contributed by atoms with E-state index in [4.69, 9.17) is 9.57 Å². The Balaban J connectivity index is 1.82. The van der Waals surface area contributed by atoms with E-state index in [0.29, 0.717) is 5.06 Å². The third-order valence-corrected chi connectivity index (χ3v) is 3.19. The third kappa shape index (κ3) is 2.41. The molecule has 1 aliphatic rings. The Morgan fingerprint density at radius 2 is 1.75 bits per heavy atom. The van der Waals surface area contributed by atoms with E-state index in [9.17, 15) is 19.2 Å². The Morgan fingerprint density at radius 3 is 2.33 bits per heavy atom. The number of hydrogen-bond acceptors (Lipinski definition) is 8. The maximum absolute atomic E-state index is 12.1. The molecule has 0 fully saturated rings. The molecule has 1 aromatic heterocycles. The van der Waals surface area contributed by atoms with E-state index in [1.165, 1.54) is 12.1 Å². The number of hydroxylamine groups is 2. The van der Waals surface area contributed by atoms with E-state index in [2.05, 4.69) is 9.68 Å². The fourth-order valence-corrected chi connectivity index (χ4v) is 2.11. The van der Waals surface area contributed by atoms with Crippen LogP contribution in [0.2, 0.25) is 0 Å². The number of rotatable bonds is 4. The van der Waals surface area contributed by atoms with Crippen LogP contribution in [0.4, 0.5) is 0 Å². The number of ether oxygens (including phenoxy) is 1. The van der Waals surface area contributed by atoms with E-state index in [0.717, 1.165) is 6.26 Å². The molecule has 0 spiro atoms. The second-order valence-corrected chi connectivity index (χ2v) is 4.63. The molecule has 2 amide bonds. The molecular formula is C15H10N2O7. The zero-order valence-electron chi connectivity index (χ0n) is 12.3. The molecule has 122 valence electrons. The highest BCUT2D eigenvalue weighted by atomic mass is 16.7. The molecule has 3 rings (SSSR count). The molecule has 0 saturated heterocycles. The fourth-order valence-electron chi connectivity index (χ4n) is 2.11. The molecule has 0 radical (unpaired) electrons. The average molecular weight is 330 g/mol. The summed E-state index contributed by atoms with van der Waals surface area (Å²) in [7, 11) is 0. The summed E-state index contributed by atoms with van der Waals surface area (Å²) >= 11 is 0. The number of benzene rings is 1. The van der Waals surface area contributed by atoms with Crippen LogP contribution in [0, 0.1) is 0 Å². The van der Waals surface area contributed by atoms with Gasteiger partial charge in [0.25, 0.3) is 11.8 Å². The maximum atomic E-state index is 12.1. The van der Waals surface area contributed by atoms with Gasteiger partial charge in [0.1, 0.15) is 11.8 Å². The van der Waals surface area contributed by atoms with Crippen LogP contribution >= 0.6 is 0 Å². The molecule has 0 N–H and O–H groups in total. The Morgan fingerprint density at radius 1 is 1.12 bits per heavy atom. The first-order chi connectivity index (χ1) is 11.5. The van der Waals surface area contributed by atoms with Crippen LogP contribution in [0.15, 0.2) is 35.1 Å². The largest absolute Gasteiger partial charge is 0.462 e. The number of esters is 1. The van der Waals surface area contributed by atoms with E-state index >= 15 is 0 Å². The van der Waals surface area contributed by atoms with Crippen LogP contribution in [-0.2, 0) is 9.57 Å². The first kappa shape index (κ1) is 15.4. The molecule has 9 heteroatoms. The second kappa shape index (κ2) is 5.95. The molecule has 0 saturated carbocycles. The monoisotopic (exact) mass is 330 g/mol. The van der Waals surface area contributed by atoms with E-state index in [-0.39, 0.29) is 23.3 Å². The lowest BCUT2D eigenvalue weighted by Gasteiger charge is -2.11. The number of hydrogen-bond donors (Lipinski definition) is 0. The first-order valence-electron chi connectivity index (χ1n) is 6.86. The zero-order chi connectivity index (χ0) is 17.3. The highest BCUT2D eigenvalue weighted by molar-refractivity contribution is 6.21. The zero-order valence-corrected chi connectivity index (χ0v) is 12.3. The molecular weight excluding hydrogens is 320 g/mol. The van der Waals surface area contributed by atoms with Crippen molar-refractivity contribution in [3.05, 3.63) is 52.9 Å². The van der Waals surface area contributed by atoms with Gasteiger partial charge in [-0.2, -0.15) is 0 Å². The Kier molecular flexibility index (Phi) is 3.82. The van der Waals surface area contributed by atoms with Crippen molar-refractivity contribution in [3.63, 3.8) is 0 Å². The predicted octanol–water partition coefficient (Wildman–Crippen LogP) is 1.22. The van der Waals surface area contributed by atoms with Crippen LogP contribution in [0.5, 0.6) is 0 Å². The highest BCUT2D eigenvalue weighted by Crippen LogP contribution is 2.23. The Hall–Kier alpha value is -3.49. The lowest BCUT2D eigenvalue weighted by atomic mass is 10.1. The van der Waals surface area contributed by atoms with Gasteiger partial charge in [0, 0.05) is 0 Å². The average Bonchev–Trinajstić information content (AvgIpc) is 3.16. The van der Waals surface area contributed by atoms with Crippen LogP contribution in [0.1, 0.15) is 48.5 Å². The van der Waals surface area contributed by atoms with Crippen LogP contribution in [0.3, 0.4) is 0 Å². The van der Waals surface area contributed by atoms with Crippen molar-refractivity contribution in [1.29, 1.82) is 0 Å². The summed E-state index contributed by atoms with van der Waals surface area (Å²) in [5.74, 6) is -3.61. The number of fused-ring (bicyclic) bond motifs is 1. The SMILES string of the molecule is CCOC(=O)c1conc1C(=O)ON1C(=O)c2ccccc2C1=O. The van der Waals surface area contributed by atoms with Crippen molar-refractivity contribution in [2.75, 3.05) is 6.61 Å². The normalized spacial score (nSPS) is 13.0. The van der Waals surface area contributed by atoms with Crippen molar-refractivity contribution in [1.82, 2.24) is 10.2 Å². The molecule has 1 aromatic carbocycles. The third-order valence-electron chi connectivity index (χ3n) is 3.19. The van der Waals surface area contributed by atoms with Crippen LogP contribution in [-0.4, -0.2) is 40.6 Å². The summed E-state index contributed by atoms with van der Waals surface area (Å²) in [5.41, 5.74) is -0.536. The van der Waals surface area contributed by atoms with Gasteiger partial charge in [-0.25, -0.2) is 9.59 Å². The van der Waals surface area contributed by atoms with Gasteiger partial charge in [0.05, 0.1) is 17.7 Å². The van der Waals surface area contributed by atoms with Crippen LogP contribution in [0.25, 0.3) is 0 Å². The van der Waals surface area contributed by atoms with Gasteiger partial charge in [-0.05, 0) is 19.1 Å². The van der Waals surface area contributed by atoms with Crippen molar-refractivity contribution in [2.24, 2.45) is 0 Å². The molecule has 0 unspecified atom stereocenters. The summed E-state index contributed by atoms with van der Waals surface area (Å²) in [4.78, 5) is 52.9. The number of imide groups is 1. The molecule has 24 heavy (non-hydrogen) atoms. The summed E-state index contributed by atoms with van der Waals surface area (Å²) < 4.78 is 9.32. The van der Waals surface area contributed by atoms with Crippen molar-refractivity contribution >= 4 is 23.8 Å². The van der Waals surface area contributed by atoms with Gasteiger partial charge < -0.3 is 14.1 Å². The summed E-state index contributed by atoms with van der Waals surface area (Å²) in [6.07, 6.45) is 0.914. The molecule has 2 heterocycles. The molecule has 0 aliphatic carbocycles. The summed E-state index contributed by atoms with van der Waals surface area (Å²) in [5, 5.41) is 3.68. The molecule has 9 nitrogen and oxygen atoms in total. The topological polar surface area (TPSA) is 116 Å². The minimum atomic E-state index is -1.19. The van der Waals surface area contributed by atoms with Crippen LogP contribution < -0.4 is 0 Å². The van der Waals surface area contributed by atoms with Gasteiger partial charge >= 0.3 is 11.9 Å². The van der Waals surface area contributed by atoms with Gasteiger partial charge in [0.2, 0.25) is 5.69 Å². The number of amides is 2. The van der Waals surface area contributed by atoms with Crippen molar-refractivity contribution < 1.29 is 33.3 Å². The van der Waals surface area contributed by atoms with Gasteiger partial charge in [-0.3, -0.25) is 9.59 Å². The smallest absolute Gasteiger partial charge is 0.386 e. The lowest BCUT2D eigenvalue weighted by Crippen LogP contribution is -2.33. The second-order valence-electron chi connectivity index (χ2n) is 4.63. The number of carbonyl (C=O) groups is 4. The minimum Gasteiger partial charge on any atom is -0.462 e. The number of aromatic nitrogens is 1. The Labute approximate surface area is 134 Å². The fraction of sp³-hybridized carbons (Fsp3) is 0.133. The van der Waals surface area contributed by atoms with Gasteiger partial charge in [-0.15, -0.1) is 0 Å². The highest BCUT2D eigenvalue weighted by Gasteiger charge is 2.40. The quantitative estimate of drug-likeness (QED) is 0.607. The predicted molar refractivity (Wildman–Crippen MR) is 74.8 cm³/mol. The van der Waals surface area contributed by atoms with Gasteiger partial charge in [-0.1, -0.05) is 22.4 Å². The van der Waals surface area contributed by atoms with E-state index < -0.39 is 29.4 Å². The first-order valence-corrected chi connectivity index (χ1v) is 6.86. The molecule has 2 aromatic rings. The molecule has 0 bridgehead atoms.